The molecule has 1 aliphatic heterocycles. The molecule has 0 radical (unpaired) electrons. The summed E-state index contributed by atoms with van der Waals surface area (Å²) in [6, 6.07) is 14.0. The first-order chi connectivity index (χ1) is 16.1. The number of nitrogens with zero attached hydrogens (tertiary/aromatic N) is 4. The van der Waals surface area contributed by atoms with Crippen molar-refractivity contribution < 1.29 is 14.3 Å². The molecule has 168 valence electrons. The minimum absolute atomic E-state index is 0.0636. The van der Waals surface area contributed by atoms with E-state index >= 15 is 0 Å². The fraction of sp³-hybridized carbons (Fsp3) is 0.360. The first-order valence-corrected chi connectivity index (χ1v) is 11.1. The molecular weight excluding hydrogens is 418 g/mol. The standard InChI is InChI=1S/C25H25N5O3/c1-15(16-3-4-16)27-25-19-7-5-17(11-21(19)28-29-22(25)13-26)20-12-18(6-8-23(20)32-2)30-9-10-33-14-24(30)31/h5-8,11-12,15-16H,3-4,9-10,14H2,1-2H3,(H,27,28). The van der Waals surface area contributed by atoms with Crippen LogP contribution in [0, 0.1) is 17.2 Å². The molecule has 1 aliphatic carbocycles. The van der Waals surface area contributed by atoms with E-state index in [2.05, 4.69) is 28.5 Å². The predicted octanol–water partition coefficient (Wildman–Crippen LogP) is 3.75. The van der Waals surface area contributed by atoms with Gasteiger partial charge in [0.15, 0.2) is 5.69 Å². The predicted molar refractivity (Wildman–Crippen MR) is 125 cm³/mol. The molecule has 0 bridgehead atoms. The number of nitriles is 1. The number of ether oxygens (including phenoxy) is 2. The molecule has 1 amide bonds. The molecule has 2 aliphatic rings. The molecule has 2 aromatic carbocycles. The number of hydrogen-bond acceptors (Lipinski definition) is 7. The van der Waals surface area contributed by atoms with Crippen LogP contribution in [0.25, 0.3) is 22.0 Å². The second kappa shape index (κ2) is 8.68. The SMILES string of the molecule is COc1ccc(N2CCOCC2=O)cc1-c1ccc2c(NC(C)C3CC3)c(C#N)nnc2c1. The Morgan fingerprint density at radius 3 is 2.82 bits per heavy atom. The Labute approximate surface area is 192 Å². The summed E-state index contributed by atoms with van der Waals surface area (Å²) in [6.45, 7) is 3.25. The van der Waals surface area contributed by atoms with Crippen molar-refractivity contribution in [3.63, 3.8) is 0 Å². The maximum atomic E-state index is 12.3. The Morgan fingerprint density at radius 1 is 1.24 bits per heavy atom. The number of aromatic nitrogens is 2. The van der Waals surface area contributed by atoms with Crippen LogP contribution in [0.5, 0.6) is 5.75 Å². The number of fused-ring (bicyclic) bond motifs is 1. The van der Waals surface area contributed by atoms with Gasteiger partial charge in [-0.15, -0.1) is 10.2 Å². The van der Waals surface area contributed by atoms with E-state index < -0.39 is 0 Å². The van der Waals surface area contributed by atoms with E-state index in [0.29, 0.717) is 36.0 Å². The average Bonchev–Trinajstić information content (AvgIpc) is 3.69. The monoisotopic (exact) mass is 443 g/mol. The number of carbonyl (C=O) groups is 1. The number of carbonyl (C=O) groups excluding carboxylic acids is 1. The van der Waals surface area contributed by atoms with Crippen LogP contribution in [-0.2, 0) is 9.53 Å². The number of morpholine rings is 1. The van der Waals surface area contributed by atoms with Gasteiger partial charge in [0.25, 0.3) is 5.91 Å². The summed E-state index contributed by atoms with van der Waals surface area (Å²) < 4.78 is 10.9. The molecule has 8 nitrogen and oxygen atoms in total. The lowest BCUT2D eigenvalue weighted by atomic mass is 10.0. The van der Waals surface area contributed by atoms with Crippen LogP contribution in [-0.4, -0.2) is 49.0 Å². The Bertz CT molecular complexity index is 1260. The topological polar surface area (TPSA) is 100 Å². The summed E-state index contributed by atoms with van der Waals surface area (Å²) in [5.41, 5.74) is 4.25. The van der Waals surface area contributed by atoms with Crippen LogP contribution in [0.4, 0.5) is 11.4 Å². The van der Waals surface area contributed by atoms with Gasteiger partial charge in [-0.2, -0.15) is 5.26 Å². The number of methoxy groups -OCH3 is 1. The molecule has 1 atom stereocenters. The van der Waals surface area contributed by atoms with Crippen molar-refractivity contribution in [1.82, 2.24) is 10.2 Å². The normalized spacial score (nSPS) is 17.0. The largest absolute Gasteiger partial charge is 0.496 e. The molecule has 33 heavy (non-hydrogen) atoms. The molecule has 1 saturated carbocycles. The van der Waals surface area contributed by atoms with Crippen molar-refractivity contribution >= 4 is 28.2 Å². The smallest absolute Gasteiger partial charge is 0.253 e. The fourth-order valence-corrected chi connectivity index (χ4v) is 4.32. The van der Waals surface area contributed by atoms with Gasteiger partial charge in [0.2, 0.25) is 0 Å². The van der Waals surface area contributed by atoms with E-state index in [9.17, 15) is 10.1 Å². The lowest BCUT2D eigenvalue weighted by molar-refractivity contribution is -0.125. The number of rotatable bonds is 6. The van der Waals surface area contributed by atoms with Crippen LogP contribution >= 0.6 is 0 Å². The Balaban J connectivity index is 1.56. The first kappa shape index (κ1) is 21.2. The molecule has 0 spiro atoms. The first-order valence-electron chi connectivity index (χ1n) is 11.1. The third kappa shape index (κ3) is 4.08. The van der Waals surface area contributed by atoms with E-state index in [4.69, 9.17) is 9.47 Å². The van der Waals surface area contributed by atoms with Crippen LogP contribution in [0.2, 0.25) is 0 Å². The van der Waals surface area contributed by atoms with Gasteiger partial charge >= 0.3 is 0 Å². The van der Waals surface area contributed by atoms with Crippen LogP contribution < -0.4 is 15.0 Å². The van der Waals surface area contributed by atoms with E-state index in [-0.39, 0.29) is 18.6 Å². The molecular formula is C25H25N5O3. The Morgan fingerprint density at radius 2 is 2.09 bits per heavy atom. The Kier molecular flexibility index (Phi) is 5.56. The minimum Gasteiger partial charge on any atom is -0.496 e. The second-order valence-electron chi connectivity index (χ2n) is 8.52. The van der Waals surface area contributed by atoms with E-state index in [1.807, 2.05) is 36.4 Å². The summed E-state index contributed by atoms with van der Waals surface area (Å²) in [5.74, 6) is 1.27. The van der Waals surface area contributed by atoms with E-state index in [0.717, 1.165) is 27.9 Å². The zero-order valence-electron chi connectivity index (χ0n) is 18.7. The van der Waals surface area contributed by atoms with Crippen molar-refractivity contribution in [2.45, 2.75) is 25.8 Å². The summed E-state index contributed by atoms with van der Waals surface area (Å²) in [5, 5.41) is 22.4. The molecule has 8 heteroatoms. The molecule has 1 aromatic heterocycles. The maximum Gasteiger partial charge on any atom is 0.253 e. The zero-order valence-corrected chi connectivity index (χ0v) is 18.7. The van der Waals surface area contributed by atoms with Crippen molar-refractivity contribution in [3.8, 4) is 22.9 Å². The van der Waals surface area contributed by atoms with Crippen LogP contribution in [0.15, 0.2) is 36.4 Å². The average molecular weight is 444 g/mol. The number of anilines is 2. The fourth-order valence-electron chi connectivity index (χ4n) is 4.32. The van der Waals surface area contributed by atoms with Gasteiger partial charge in [-0.3, -0.25) is 4.79 Å². The second-order valence-corrected chi connectivity index (χ2v) is 8.52. The third-order valence-electron chi connectivity index (χ3n) is 6.36. The van der Waals surface area contributed by atoms with Gasteiger partial charge in [-0.05, 0) is 61.6 Å². The van der Waals surface area contributed by atoms with Crippen molar-refractivity contribution in [2.24, 2.45) is 5.92 Å². The lowest BCUT2D eigenvalue weighted by Crippen LogP contribution is -2.41. The molecule has 1 unspecified atom stereocenters. The zero-order chi connectivity index (χ0) is 22.9. The van der Waals surface area contributed by atoms with Gasteiger partial charge < -0.3 is 19.7 Å². The van der Waals surface area contributed by atoms with Gasteiger partial charge in [0.05, 0.1) is 24.9 Å². The number of amides is 1. The number of nitrogens with one attached hydrogen (secondary N) is 1. The lowest BCUT2D eigenvalue weighted by Gasteiger charge is -2.27. The molecule has 2 heterocycles. The highest BCUT2D eigenvalue weighted by molar-refractivity contribution is 5.98. The highest BCUT2D eigenvalue weighted by Crippen LogP contribution is 2.38. The number of benzene rings is 2. The third-order valence-corrected chi connectivity index (χ3v) is 6.36. The van der Waals surface area contributed by atoms with Crippen molar-refractivity contribution in [1.29, 1.82) is 5.26 Å². The summed E-state index contributed by atoms with van der Waals surface area (Å²) >= 11 is 0. The summed E-state index contributed by atoms with van der Waals surface area (Å²) in [6.07, 6.45) is 2.41. The summed E-state index contributed by atoms with van der Waals surface area (Å²) in [7, 11) is 1.62. The van der Waals surface area contributed by atoms with E-state index in [1.54, 1.807) is 12.0 Å². The van der Waals surface area contributed by atoms with Gasteiger partial charge in [0.1, 0.15) is 18.4 Å². The van der Waals surface area contributed by atoms with Crippen LogP contribution in [0.1, 0.15) is 25.5 Å². The maximum absolute atomic E-state index is 12.3. The molecule has 5 rings (SSSR count). The van der Waals surface area contributed by atoms with Crippen molar-refractivity contribution in [2.75, 3.05) is 37.1 Å². The van der Waals surface area contributed by atoms with Gasteiger partial charge in [0, 0.05) is 29.2 Å². The molecule has 3 aromatic rings. The van der Waals surface area contributed by atoms with Gasteiger partial charge in [-0.25, -0.2) is 0 Å². The Hall–Kier alpha value is -3.70. The molecule has 1 saturated heterocycles. The molecule has 2 fully saturated rings. The highest BCUT2D eigenvalue weighted by atomic mass is 16.5. The van der Waals surface area contributed by atoms with Crippen molar-refractivity contribution in [3.05, 3.63) is 42.1 Å². The quantitative estimate of drug-likeness (QED) is 0.619. The number of hydrogen-bond donors (Lipinski definition) is 1. The molecule has 1 N–H and O–H groups in total. The highest BCUT2D eigenvalue weighted by Gasteiger charge is 2.29. The van der Waals surface area contributed by atoms with Gasteiger partial charge in [-0.1, -0.05) is 6.07 Å². The summed E-state index contributed by atoms with van der Waals surface area (Å²) in [4.78, 5) is 14.1. The van der Waals surface area contributed by atoms with Crippen LogP contribution in [0.3, 0.4) is 0 Å². The minimum atomic E-state index is -0.0636. The van der Waals surface area contributed by atoms with E-state index in [1.165, 1.54) is 12.8 Å².